The van der Waals surface area contributed by atoms with Gasteiger partial charge in [-0.3, -0.25) is 4.79 Å². The lowest BCUT2D eigenvalue weighted by Gasteiger charge is -2.25. The van der Waals surface area contributed by atoms with Gasteiger partial charge in [0, 0.05) is 6.04 Å². The SMILES string of the molecule is O=C(O)[C@H]1C[C@H]2CCC[C@H]2N1S(=O)(=O)c1cc2nc(Cl)ccc2s1. The van der Waals surface area contributed by atoms with Crippen LogP contribution in [-0.2, 0) is 14.8 Å². The quantitative estimate of drug-likeness (QED) is 0.819. The number of carboxylic acids is 1. The Hall–Kier alpha value is -1.22. The molecule has 9 heteroatoms. The van der Waals surface area contributed by atoms with Crippen molar-refractivity contribution in [2.45, 2.75) is 42.0 Å². The number of carboxylic acid groups (broad SMARTS) is 1. The van der Waals surface area contributed by atoms with Gasteiger partial charge < -0.3 is 5.11 Å². The van der Waals surface area contributed by atoms with Crippen LogP contribution in [0.1, 0.15) is 25.7 Å². The highest BCUT2D eigenvalue weighted by atomic mass is 35.5. The minimum absolute atomic E-state index is 0.131. The predicted molar refractivity (Wildman–Crippen MR) is 90.8 cm³/mol. The maximum atomic E-state index is 13.2. The molecule has 0 unspecified atom stereocenters. The van der Waals surface area contributed by atoms with Crippen molar-refractivity contribution in [1.82, 2.24) is 9.29 Å². The highest BCUT2D eigenvalue weighted by Gasteiger charge is 2.52. The molecule has 0 spiro atoms. The molecule has 2 aromatic heterocycles. The van der Waals surface area contributed by atoms with E-state index in [2.05, 4.69) is 4.98 Å². The summed E-state index contributed by atoms with van der Waals surface area (Å²) in [6.45, 7) is 0. The molecule has 3 atom stereocenters. The van der Waals surface area contributed by atoms with Gasteiger partial charge in [0.1, 0.15) is 15.4 Å². The van der Waals surface area contributed by atoms with Crippen LogP contribution in [0.5, 0.6) is 0 Å². The van der Waals surface area contributed by atoms with Gasteiger partial charge in [0.2, 0.25) is 0 Å². The number of aromatic nitrogens is 1. The fourth-order valence-corrected chi connectivity index (χ4v) is 7.36. The first kappa shape index (κ1) is 16.3. The Kier molecular flexibility index (Phi) is 3.83. The normalized spacial score (nSPS) is 27.6. The Labute approximate surface area is 148 Å². The molecule has 6 nitrogen and oxygen atoms in total. The monoisotopic (exact) mass is 386 g/mol. The summed E-state index contributed by atoms with van der Waals surface area (Å²) in [5, 5.41) is 9.79. The molecule has 128 valence electrons. The average Bonchev–Trinajstić information content (AvgIpc) is 3.19. The second kappa shape index (κ2) is 5.66. The third kappa shape index (κ3) is 2.44. The Balaban J connectivity index is 1.80. The van der Waals surface area contributed by atoms with E-state index in [0.717, 1.165) is 30.6 Å². The number of halogens is 1. The summed E-state index contributed by atoms with van der Waals surface area (Å²) < 4.78 is 28.4. The third-order valence-electron chi connectivity index (χ3n) is 4.91. The lowest BCUT2D eigenvalue weighted by Crippen LogP contribution is -2.44. The van der Waals surface area contributed by atoms with Crippen molar-refractivity contribution in [1.29, 1.82) is 0 Å². The second-order valence-corrected chi connectivity index (χ2v) is 9.81. The van der Waals surface area contributed by atoms with Crippen LogP contribution in [0.2, 0.25) is 5.15 Å². The number of hydrogen-bond acceptors (Lipinski definition) is 5. The first-order chi connectivity index (χ1) is 11.4. The smallest absolute Gasteiger partial charge is 0.322 e. The largest absolute Gasteiger partial charge is 0.480 e. The van der Waals surface area contributed by atoms with Crippen LogP contribution in [0.4, 0.5) is 0 Å². The van der Waals surface area contributed by atoms with Crippen LogP contribution in [0.3, 0.4) is 0 Å². The Morgan fingerprint density at radius 3 is 2.92 bits per heavy atom. The van der Waals surface area contributed by atoms with Gasteiger partial charge in [-0.1, -0.05) is 18.0 Å². The number of thiophene rings is 1. The van der Waals surface area contributed by atoms with E-state index in [1.165, 1.54) is 10.4 Å². The van der Waals surface area contributed by atoms with E-state index in [0.29, 0.717) is 21.8 Å². The fourth-order valence-electron chi connectivity index (χ4n) is 3.91. The number of carbonyl (C=O) groups is 1. The first-order valence-corrected chi connectivity index (χ1v) is 10.3. The molecule has 0 bridgehead atoms. The molecule has 1 aliphatic carbocycles. The fraction of sp³-hybridized carbons (Fsp3) is 0.467. The summed E-state index contributed by atoms with van der Waals surface area (Å²) in [5.74, 6) is -0.932. The topological polar surface area (TPSA) is 87.6 Å². The van der Waals surface area contributed by atoms with Crippen molar-refractivity contribution in [3.63, 3.8) is 0 Å². The Bertz CT molecular complexity index is 927. The van der Waals surface area contributed by atoms with E-state index in [1.807, 2.05) is 0 Å². The van der Waals surface area contributed by atoms with Crippen LogP contribution >= 0.6 is 22.9 Å². The van der Waals surface area contributed by atoms with Gasteiger partial charge in [-0.25, -0.2) is 13.4 Å². The summed E-state index contributed by atoms with van der Waals surface area (Å²) >= 11 is 6.97. The molecule has 1 N–H and O–H groups in total. The van der Waals surface area contributed by atoms with Gasteiger partial charge in [-0.2, -0.15) is 4.31 Å². The van der Waals surface area contributed by atoms with Crippen molar-refractivity contribution in [3.05, 3.63) is 23.4 Å². The van der Waals surface area contributed by atoms with E-state index in [-0.39, 0.29) is 16.2 Å². The molecule has 2 aromatic rings. The molecular weight excluding hydrogens is 372 g/mol. The molecule has 2 aliphatic rings. The molecule has 1 aliphatic heterocycles. The van der Waals surface area contributed by atoms with Crippen molar-refractivity contribution < 1.29 is 18.3 Å². The number of hydrogen-bond donors (Lipinski definition) is 1. The van der Waals surface area contributed by atoms with Gasteiger partial charge in [0.05, 0.1) is 10.2 Å². The van der Waals surface area contributed by atoms with Crippen molar-refractivity contribution in [3.8, 4) is 0 Å². The zero-order chi connectivity index (χ0) is 17.1. The zero-order valence-corrected chi connectivity index (χ0v) is 14.9. The number of fused-ring (bicyclic) bond motifs is 2. The standard InChI is InChI=1S/C15H15ClN2O4S2/c16-13-5-4-12-9(17-13)7-14(23-12)24(21,22)18-10-3-1-2-8(10)6-11(18)15(19)20/h4-5,7-8,10-11H,1-3,6H2,(H,19,20)/t8-,10-,11-/m1/s1. The molecule has 3 heterocycles. The Morgan fingerprint density at radius 2 is 2.17 bits per heavy atom. The van der Waals surface area contributed by atoms with Gasteiger partial charge in [0.25, 0.3) is 10.0 Å². The molecule has 1 saturated heterocycles. The molecule has 0 aromatic carbocycles. The second-order valence-electron chi connectivity index (χ2n) is 6.27. The van der Waals surface area contributed by atoms with Gasteiger partial charge in [0.15, 0.2) is 0 Å². The first-order valence-electron chi connectivity index (χ1n) is 7.70. The van der Waals surface area contributed by atoms with Crippen LogP contribution in [0.25, 0.3) is 10.2 Å². The van der Waals surface area contributed by atoms with E-state index < -0.39 is 22.0 Å². The zero-order valence-electron chi connectivity index (χ0n) is 12.6. The lowest BCUT2D eigenvalue weighted by atomic mass is 10.0. The lowest BCUT2D eigenvalue weighted by molar-refractivity contribution is -0.141. The number of rotatable bonds is 3. The number of aliphatic carboxylic acids is 1. The van der Waals surface area contributed by atoms with Crippen LogP contribution < -0.4 is 0 Å². The molecular formula is C15H15ClN2O4S2. The number of pyridine rings is 1. The molecule has 24 heavy (non-hydrogen) atoms. The summed E-state index contributed by atoms with van der Waals surface area (Å²) in [6, 6.07) is 3.64. The van der Waals surface area contributed by atoms with Crippen LogP contribution in [-0.4, -0.2) is 40.9 Å². The summed E-state index contributed by atoms with van der Waals surface area (Å²) in [6.07, 6.45) is 2.96. The van der Waals surface area contributed by atoms with Gasteiger partial charge >= 0.3 is 5.97 Å². The third-order valence-corrected chi connectivity index (χ3v) is 8.60. The molecule has 0 amide bonds. The predicted octanol–water partition coefficient (Wildman–Crippen LogP) is 2.97. The van der Waals surface area contributed by atoms with Gasteiger partial charge in [-0.15, -0.1) is 11.3 Å². The van der Waals surface area contributed by atoms with E-state index >= 15 is 0 Å². The van der Waals surface area contributed by atoms with Crippen LogP contribution in [0.15, 0.2) is 22.4 Å². The summed E-state index contributed by atoms with van der Waals surface area (Å²) in [5.41, 5.74) is 0.514. The Morgan fingerprint density at radius 1 is 1.38 bits per heavy atom. The number of nitrogens with zero attached hydrogens (tertiary/aromatic N) is 2. The molecule has 1 saturated carbocycles. The van der Waals surface area contributed by atoms with Gasteiger partial charge in [-0.05, 0) is 43.4 Å². The maximum absolute atomic E-state index is 13.2. The maximum Gasteiger partial charge on any atom is 0.322 e. The van der Waals surface area contributed by atoms with Crippen molar-refractivity contribution in [2.75, 3.05) is 0 Å². The summed E-state index contributed by atoms with van der Waals surface area (Å²) in [7, 11) is -3.87. The number of sulfonamides is 1. The van der Waals surface area contributed by atoms with Crippen LogP contribution in [0, 0.1) is 5.92 Å². The van der Waals surface area contributed by atoms with Crippen molar-refractivity contribution >= 4 is 49.1 Å². The molecule has 4 rings (SSSR count). The molecule has 0 radical (unpaired) electrons. The highest BCUT2D eigenvalue weighted by Crippen LogP contribution is 2.45. The van der Waals surface area contributed by atoms with E-state index in [4.69, 9.17) is 11.6 Å². The summed E-state index contributed by atoms with van der Waals surface area (Å²) in [4.78, 5) is 15.7. The van der Waals surface area contributed by atoms with E-state index in [1.54, 1.807) is 12.1 Å². The minimum Gasteiger partial charge on any atom is -0.480 e. The minimum atomic E-state index is -3.87. The van der Waals surface area contributed by atoms with Crippen molar-refractivity contribution in [2.24, 2.45) is 5.92 Å². The highest BCUT2D eigenvalue weighted by molar-refractivity contribution is 7.91. The van der Waals surface area contributed by atoms with E-state index in [9.17, 15) is 18.3 Å². The average molecular weight is 387 g/mol. The molecule has 2 fully saturated rings.